The van der Waals surface area contributed by atoms with Gasteiger partial charge in [0.25, 0.3) is 0 Å². The number of carbonyl (C=O) groups excluding carboxylic acids is 1. The zero-order valence-corrected chi connectivity index (χ0v) is 6.79. The summed E-state index contributed by atoms with van der Waals surface area (Å²) in [5.41, 5.74) is 0.681. The van der Waals surface area contributed by atoms with E-state index in [0.29, 0.717) is 11.5 Å². The number of hydrogen-bond acceptors (Lipinski definition) is 1. The molecule has 2 heteroatoms. The number of allylic oxidation sites excluding steroid dienone is 1. The highest BCUT2D eigenvalue weighted by Crippen LogP contribution is 2.03. The van der Waals surface area contributed by atoms with Crippen LogP contribution in [0.5, 0.6) is 0 Å². The van der Waals surface area contributed by atoms with Gasteiger partial charge in [0.2, 0.25) is 5.12 Å². The zero-order chi connectivity index (χ0) is 7.44. The van der Waals surface area contributed by atoms with E-state index in [-0.39, 0.29) is 5.12 Å². The van der Waals surface area contributed by atoms with Gasteiger partial charge in [0, 0.05) is 5.57 Å². The summed E-state index contributed by atoms with van der Waals surface area (Å²) >= 11 is 4.41. The third-order valence-electron chi connectivity index (χ3n) is 0.905. The van der Waals surface area contributed by atoms with Crippen molar-refractivity contribution in [3.8, 4) is 0 Å². The molecule has 0 amide bonds. The van der Waals surface area contributed by atoms with Crippen molar-refractivity contribution in [3.63, 3.8) is 0 Å². The molecule has 0 fully saturated rings. The van der Waals surface area contributed by atoms with Gasteiger partial charge in [0.15, 0.2) is 0 Å². The van der Waals surface area contributed by atoms with E-state index in [1.165, 1.54) is 0 Å². The second-order valence-electron chi connectivity index (χ2n) is 2.38. The molecule has 51 valence electrons. The third kappa shape index (κ3) is 4.15. The van der Waals surface area contributed by atoms with Crippen LogP contribution in [0.25, 0.3) is 0 Å². The zero-order valence-electron chi connectivity index (χ0n) is 5.97. The van der Waals surface area contributed by atoms with Crippen LogP contribution in [-0.4, -0.2) is 5.12 Å². The molecular formula is C7H11OS. The van der Waals surface area contributed by atoms with Crippen LogP contribution >= 0.6 is 12.6 Å². The number of rotatable bonds is 2. The molecule has 0 aliphatic rings. The molecule has 0 spiro atoms. The smallest absolute Gasteiger partial charge is 0.244 e. The first-order valence-electron chi connectivity index (χ1n) is 2.93. The summed E-state index contributed by atoms with van der Waals surface area (Å²) in [5, 5.41) is -0.247. The highest BCUT2D eigenvalue weighted by Gasteiger charge is 1.98. The standard InChI is InChI=1S/C7H11OS/c1-5(2)4-6(3)7(8)9/h4-5H,1-3H3. The van der Waals surface area contributed by atoms with E-state index in [1.54, 1.807) is 6.92 Å². The molecule has 0 aromatic carbocycles. The molecule has 1 nitrogen and oxygen atoms in total. The maximum atomic E-state index is 10.4. The van der Waals surface area contributed by atoms with E-state index >= 15 is 0 Å². The summed E-state index contributed by atoms with van der Waals surface area (Å²) in [6, 6.07) is 0. The van der Waals surface area contributed by atoms with Gasteiger partial charge in [-0.15, -0.1) is 0 Å². The molecule has 1 radical (unpaired) electrons. The van der Waals surface area contributed by atoms with Gasteiger partial charge in [0.1, 0.15) is 0 Å². The van der Waals surface area contributed by atoms with Gasteiger partial charge in [-0.05, 0) is 25.5 Å². The summed E-state index contributed by atoms with van der Waals surface area (Å²) < 4.78 is 0. The van der Waals surface area contributed by atoms with Gasteiger partial charge in [-0.25, -0.2) is 0 Å². The Hall–Kier alpha value is -0.370. The average Bonchev–Trinajstić information content (AvgIpc) is 1.63. The van der Waals surface area contributed by atoms with Crippen molar-refractivity contribution in [2.45, 2.75) is 20.8 Å². The molecule has 0 bridgehead atoms. The van der Waals surface area contributed by atoms with E-state index < -0.39 is 0 Å². The Balaban J connectivity index is 4.00. The quantitative estimate of drug-likeness (QED) is 0.542. The molecule has 9 heavy (non-hydrogen) atoms. The van der Waals surface area contributed by atoms with Crippen LogP contribution in [0.2, 0.25) is 0 Å². The Morgan fingerprint density at radius 1 is 1.56 bits per heavy atom. The fourth-order valence-electron chi connectivity index (χ4n) is 0.568. The average molecular weight is 143 g/mol. The van der Waals surface area contributed by atoms with Crippen molar-refractivity contribution in [2.75, 3.05) is 0 Å². The molecule has 0 heterocycles. The molecule has 0 atom stereocenters. The second kappa shape index (κ2) is 3.62. The van der Waals surface area contributed by atoms with Gasteiger partial charge in [-0.2, -0.15) is 0 Å². The monoisotopic (exact) mass is 143 g/mol. The first-order valence-corrected chi connectivity index (χ1v) is 3.34. The van der Waals surface area contributed by atoms with E-state index in [0.717, 1.165) is 0 Å². The SMILES string of the molecule is CC(=CC(C)C)C(=O)[S]. The van der Waals surface area contributed by atoms with Crippen molar-refractivity contribution >= 4 is 17.7 Å². The summed E-state index contributed by atoms with van der Waals surface area (Å²) in [7, 11) is 0. The van der Waals surface area contributed by atoms with Crippen LogP contribution in [-0.2, 0) is 4.79 Å². The lowest BCUT2D eigenvalue weighted by molar-refractivity contribution is -0.107. The minimum absolute atomic E-state index is 0.247. The van der Waals surface area contributed by atoms with Gasteiger partial charge in [-0.3, -0.25) is 4.79 Å². The van der Waals surface area contributed by atoms with Crippen molar-refractivity contribution in [1.82, 2.24) is 0 Å². The van der Waals surface area contributed by atoms with Crippen LogP contribution in [0.4, 0.5) is 0 Å². The molecule has 0 aromatic heterocycles. The minimum Gasteiger partial charge on any atom is -0.277 e. The van der Waals surface area contributed by atoms with Crippen LogP contribution in [0, 0.1) is 5.92 Å². The van der Waals surface area contributed by atoms with Gasteiger partial charge in [-0.1, -0.05) is 19.9 Å². The molecule has 0 saturated carbocycles. The molecule has 0 unspecified atom stereocenters. The Morgan fingerprint density at radius 2 is 2.00 bits per heavy atom. The van der Waals surface area contributed by atoms with Crippen molar-refractivity contribution in [1.29, 1.82) is 0 Å². The fraction of sp³-hybridized carbons (Fsp3) is 0.571. The van der Waals surface area contributed by atoms with Gasteiger partial charge >= 0.3 is 0 Å². The molecule has 0 aliphatic carbocycles. The predicted molar refractivity (Wildman–Crippen MR) is 41.2 cm³/mol. The second-order valence-corrected chi connectivity index (χ2v) is 2.75. The topological polar surface area (TPSA) is 17.1 Å². The fourth-order valence-corrected chi connectivity index (χ4v) is 0.636. The summed E-state index contributed by atoms with van der Waals surface area (Å²) in [6.45, 7) is 5.78. The summed E-state index contributed by atoms with van der Waals surface area (Å²) in [4.78, 5) is 10.4. The molecule has 0 aromatic rings. The van der Waals surface area contributed by atoms with Crippen molar-refractivity contribution in [2.24, 2.45) is 5.92 Å². The lowest BCUT2D eigenvalue weighted by atomic mass is 10.1. The largest absolute Gasteiger partial charge is 0.277 e. The van der Waals surface area contributed by atoms with Gasteiger partial charge < -0.3 is 0 Å². The third-order valence-corrected chi connectivity index (χ3v) is 1.23. The molecule has 0 aliphatic heterocycles. The normalized spacial score (nSPS) is 12.2. The van der Waals surface area contributed by atoms with Crippen LogP contribution in [0.3, 0.4) is 0 Å². The molecule has 0 rings (SSSR count). The Morgan fingerprint density at radius 3 is 2.11 bits per heavy atom. The van der Waals surface area contributed by atoms with Crippen LogP contribution in [0.1, 0.15) is 20.8 Å². The highest BCUT2D eigenvalue weighted by atomic mass is 32.1. The Bertz CT molecular complexity index is 136. The van der Waals surface area contributed by atoms with E-state index in [9.17, 15) is 4.79 Å². The van der Waals surface area contributed by atoms with Crippen molar-refractivity contribution in [3.05, 3.63) is 11.6 Å². The predicted octanol–water partition coefficient (Wildman–Crippen LogP) is 2.31. The number of carbonyl (C=O) groups is 1. The first kappa shape index (κ1) is 8.63. The highest BCUT2D eigenvalue weighted by molar-refractivity contribution is 7.97. The van der Waals surface area contributed by atoms with Crippen molar-refractivity contribution < 1.29 is 4.79 Å². The van der Waals surface area contributed by atoms with Crippen LogP contribution < -0.4 is 0 Å². The number of hydrogen-bond donors (Lipinski definition) is 0. The summed E-state index contributed by atoms with van der Waals surface area (Å²) in [6.07, 6.45) is 1.87. The Labute approximate surface area is 61.6 Å². The van der Waals surface area contributed by atoms with Crippen LogP contribution in [0.15, 0.2) is 11.6 Å². The van der Waals surface area contributed by atoms with Gasteiger partial charge in [0.05, 0.1) is 0 Å². The van der Waals surface area contributed by atoms with E-state index in [2.05, 4.69) is 12.6 Å². The van der Waals surface area contributed by atoms with E-state index in [1.807, 2.05) is 19.9 Å². The summed E-state index contributed by atoms with van der Waals surface area (Å²) in [5.74, 6) is 0.414. The molecular weight excluding hydrogens is 132 g/mol. The lowest BCUT2D eigenvalue weighted by Gasteiger charge is -1.95. The first-order chi connectivity index (χ1) is 4.04. The molecule has 0 saturated heterocycles. The Kier molecular flexibility index (Phi) is 3.47. The van der Waals surface area contributed by atoms with E-state index in [4.69, 9.17) is 0 Å². The molecule has 0 N–H and O–H groups in total. The minimum atomic E-state index is -0.247. The maximum Gasteiger partial charge on any atom is 0.244 e. The maximum absolute atomic E-state index is 10.4. The lowest BCUT2D eigenvalue weighted by Crippen LogP contribution is -1.90.